The molecule has 5 nitrogen and oxygen atoms in total. The zero-order valence-corrected chi connectivity index (χ0v) is 16.8. The summed E-state index contributed by atoms with van der Waals surface area (Å²) in [7, 11) is 1.64. The first-order chi connectivity index (χ1) is 13.5. The van der Waals surface area contributed by atoms with Gasteiger partial charge in [0.25, 0.3) is 5.91 Å². The Kier molecular flexibility index (Phi) is 4.88. The first-order valence-electron chi connectivity index (χ1n) is 9.02. The Morgan fingerprint density at radius 3 is 2.64 bits per heavy atom. The highest BCUT2D eigenvalue weighted by molar-refractivity contribution is 7.20. The molecule has 1 amide bonds. The van der Waals surface area contributed by atoms with Gasteiger partial charge in [0.2, 0.25) is 0 Å². The predicted octanol–water partition coefficient (Wildman–Crippen LogP) is 4.64. The van der Waals surface area contributed by atoms with Crippen molar-refractivity contribution in [1.29, 1.82) is 0 Å². The molecule has 0 bridgehead atoms. The molecule has 6 heteroatoms. The van der Waals surface area contributed by atoms with Gasteiger partial charge in [0.15, 0.2) is 0 Å². The lowest BCUT2D eigenvalue weighted by Crippen LogP contribution is -2.21. The van der Waals surface area contributed by atoms with Crippen molar-refractivity contribution in [1.82, 2.24) is 15.1 Å². The van der Waals surface area contributed by atoms with E-state index >= 15 is 0 Å². The number of carbonyl (C=O) groups is 1. The second-order valence-electron chi connectivity index (χ2n) is 6.70. The SMILES string of the molecule is COc1ccc(CNC(=O)c2cc3c(C)nn(-c4cccc(C)c4)c3s2)cc1. The number of thiophene rings is 1. The molecule has 0 atom stereocenters. The van der Waals surface area contributed by atoms with E-state index < -0.39 is 0 Å². The summed E-state index contributed by atoms with van der Waals surface area (Å²) in [5, 5.41) is 8.66. The van der Waals surface area contributed by atoms with Gasteiger partial charge in [-0.3, -0.25) is 4.79 Å². The van der Waals surface area contributed by atoms with Gasteiger partial charge in [-0.1, -0.05) is 24.3 Å². The summed E-state index contributed by atoms with van der Waals surface area (Å²) in [6.07, 6.45) is 0. The van der Waals surface area contributed by atoms with Crippen LogP contribution in [0.1, 0.15) is 26.5 Å². The fourth-order valence-corrected chi connectivity index (χ4v) is 4.21. The van der Waals surface area contributed by atoms with Crippen LogP contribution >= 0.6 is 11.3 Å². The molecule has 2 aromatic heterocycles. The van der Waals surface area contributed by atoms with Crippen LogP contribution in [0.15, 0.2) is 54.6 Å². The zero-order valence-electron chi connectivity index (χ0n) is 16.0. The summed E-state index contributed by atoms with van der Waals surface area (Å²) >= 11 is 1.46. The van der Waals surface area contributed by atoms with Crippen molar-refractivity contribution in [3.63, 3.8) is 0 Å². The van der Waals surface area contributed by atoms with Gasteiger partial charge >= 0.3 is 0 Å². The monoisotopic (exact) mass is 391 g/mol. The van der Waals surface area contributed by atoms with E-state index in [-0.39, 0.29) is 5.91 Å². The Hall–Kier alpha value is -3.12. The number of nitrogens with zero attached hydrogens (tertiary/aromatic N) is 2. The number of hydrogen-bond donors (Lipinski definition) is 1. The van der Waals surface area contributed by atoms with E-state index in [2.05, 4.69) is 29.5 Å². The molecule has 0 radical (unpaired) electrons. The third kappa shape index (κ3) is 3.51. The molecule has 0 aliphatic heterocycles. The Bertz CT molecular complexity index is 1140. The summed E-state index contributed by atoms with van der Waals surface area (Å²) in [5.74, 6) is 0.725. The van der Waals surface area contributed by atoms with Crippen LogP contribution in [0, 0.1) is 13.8 Å². The van der Waals surface area contributed by atoms with Crippen molar-refractivity contribution in [2.45, 2.75) is 20.4 Å². The van der Waals surface area contributed by atoms with Crippen LogP contribution in [-0.4, -0.2) is 22.8 Å². The maximum atomic E-state index is 12.7. The van der Waals surface area contributed by atoms with Gasteiger partial charge in [0.05, 0.1) is 23.4 Å². The van der Waals surface area contributed by atoms with Crippen molar-refractivity contribution in [2.24, 2.45) is 0 Å². The van der Waals surface area contributed by atoms with Crippen LogP contribution in [0.25, 0.3) is 15.9 Å². The molecule has 0 saturated carbocycles. The molecule has 4 aromatic rings. The maximum absolute atomic E-state index is 12.7. The first-order valence-corrected chi connectivity index (χ1v) is 9.84. The normalized spacial score (nSPS) is 11.0. The Morgan fingerprint density at radius 2 is 1.93 bits per heavy atom. The Balaban J connectivity index is 1.57. The van der Waals surface area contributed by atoms with Crippen molar-refractivity contribution >= 4 is 27.5 Å². The van der Waals surface area contributed by atoms with Gasteiger partial charge in [-0.05, 0) is 55.3 Å². The molecule has 1 N–H and O–H groups in total. The van der Waals surface area contributed by atoms with Gasteiger partial charge in [0, 0.05) is 11.9 Å². The summed E-state index contributed by atoms with van der Waals surface area (Å²) < 4.78 is 7.08. The highest BCUT2D eigenvalue weighted by Crippen LogP contribution is 2.30. The minimum absolute atomic E-state index is 0.0767. The molecule has 0 aliphatic rings. The topological polar surface area (TPSA) is 56.1 Å². The van der Waals surface area contributed by atoms with Crippen LogP contribution in [0.5, 0.6) is 5.75 Å². The molecule has 142 valence electrons. The standard InChI is InChI=1S/C22H21N3O2S/c1-14-5-4-6-17(11-14)25-22-19(15(2)24-25)12-20(28-22)21(26)23-13-16-7-9-18(27-3)10-8-16/h4-12H,13H2,1-3H3,(H,23,26). The molecular weight excluding hydrogens is 370 g/mol. The number of nitrogens with one attached hydrogen (secondary N) is 1. The van der Waals surface area contributed by atoms with Gasteiger partial charge in [-0.15, -0.1) is 11.3 Å². The molecule has 0 unspecified atom stereocenters. The minimum atomic E-state index is -0.0767. The van der Waals surface area contributed by atoms with Gasteiger partial charge in [-0.25, -0.2) is 4.68 Å². The first kappa shape index (κ1) is 18.3. The summed E-state index contributed by atoms with van der Waals surface area (Å²) in [4.78, 5) is 14.3. The van der Waals surface area contributed by atoms with Crippen LogP contribution in [0.2, 0.25) is 0 Å². The quantitative estimate of drug-likeness (QED) is 0.539. The number of aromatic nitrogens is 2. The highest BCUT2D eigenvalue weighted by atomic mass is 32.1. The van der Waals surface area contributed by atoms with Crippen molar-refractivity contribution < 1.29 is 9.53 Å². The summed E-state index contributed by atoms with van der Waals surface area (Å²) in [6.45, 7) is 4.50. The van der Waals surface area contributed by atoms with E-state index in [1.54, 1.807) is 7.11 Å². The largest absolute Gasteiger partial charge is 0.497 e. The number of methoxy groups -OCH3 is 1. The van der Waals surface area contributed by atoms with E-state index in [1.807, 2.05) is 54.1 Å². The third-order valence-corrected chi connectivity index (χ3v) is 5.74. The fraction of sp³-hybridized carbons (Fsp3) is 0.182. The molecule has 0 aliphatic carbocycles. The predicted molar refractivity (Wildman–Crippen MR) is 113 cm³/mol. The van der Waals surface area contributed by atoms with Crippen molar-refractivity contribution in [2.75, 3.05) is 7.11 Å². The van der Waals surface area contributed by atoms with E-state index in [0.29, 0.717) is 11.4 Å². The third-order valence-electron chi connectivity index (χ3n) is 4.63. The van der Waals surface area contributed by atoms with E-state index in [1.165, 1.54) is 16.9 Å². The molecule has 0 saturated heterocycles. The van der Waals surface area contributed by atoms with Gasteiger partial charge in [0.1, 0.15) is 10.6 Å². The van der Waals surface area contributed by atoms with E-state index in [9.17, 15) is 4.79 Å². The average Bonchev–Trinajstić information content (AvgIpc) is 3.27. The molecule has 28 heavy (non-hydrogen) atoms. The van der Waals surface area contributed by atoms with Crippen molar-refractivity contribution in [3.8, 4) is 11.4 Å². The number of carbonyl (C=O) groups excluding carboxylic acids is 1. The van der Waals surface area contributed by atoms with Crippen molar-refractivity contribution in [3.05, 3.63) is 76.3 Å². The lowest BCUT2D eigenvalue weighted by Gasteiger charge is -2.05. The zero-order chi connectivity index (χ0) is 19.7. The van der Waals surface area contributed by atoms with E-state index in [0.717, 1.165) is 32.9 Å². The minimum Gasteiger partial charge on any atom is -0.497 e. The molecule has 0 spiro atoms. The van der Waals surface area contributed by atoms with Crippen LogP contribution in [0.3, 0.4) is 0 Å². The number of ether oxygens (including phenoxy) is 1. The van der Waals surface area contributed by atoms with Crippen LogP contribution < -0.4 is 10.1 Å². The molecule has 4 rings (SSSR count). The molecule has 0 fully saturated rings. The summed E-state index contributed by atoms with van der Waals surface area (Å²) in [6, 6.07) is 17.8. The number of rotatable bonds is 5. The highest BCUT2D eigenvalue weighted by Gasteiger charge is 2.17. The average molecular weight is 391 g/mol. The maximum Gasteiger partial charge on any atom is 0.261 e. The number of hydrogen-bond acceptors (Lipinski definition) is 4. The molecular formula is C22H21N3O2S. The van der Waals surface area contributed by atoms with Gasteiger partial charge in [-0.2, -0.15) is 5.10 Å². The number of aryl methyl sites for hydroxylation is 2. The Labute approximate surface area is 167 Å². The van der Waals surface area contributed by atoms with Crippen LogP contribution in [0.4, 0.5) is 0 Å². The second kappa shape index (κ2) is 7.48. The Morgan fingerprint density at radius 1 is 1.14 bits per heavy atom. The van der Waals surface area contributed by atoms with E-state index in [4.69, 9.17) is 4.74 Å². The summed E-state index contributed by atoms with van der Waals surface area (Å²) in [5.41, 5.74) is 4.12. The second-order valence-corrected chi connectivity index (χ2v) is 7.73. The smallest absolute Gasteiger partial charge is 0.261 e. The number of fused-ring (bicyclic) bond motifs is 1. The molecule has 2 aromatic carbocycles. The number of benzene rings is 2. The molecule has 2 heterocycles. The van der Waals surface area contributed by atoms with Crippen LogP contribution in [-0.2, 0) is 6.54 Å². The lowest BCUT2D eigenvalue weighted by atomic mass is 10.2. The lowest BCUT2D eigenvalue weighted by molar-refractivity contribution is 0.0955. The fourth-order valence-electron chi connectivity index (χ4n) is 3.11. The van der Waals surface area contributed by atoms with Gasteiger partial charge < -0.3 is 10.1 Å². The number of amides is 1.